The normalized spacial score (nSPS) is 10.5. The van der Waals surface area contributed by atoms with E-state index in [0.29, 0.717) is 5.75 Å². The van der Waals surface area contributed by atoms with Crippen LogP contribution in [0.3, 0.4) is 0 Å². The number of benzene rings is 1. The zero-order valence-corrected chi connectivity index (χ0v) is 11.3. The van der Waals surface area contributed by atoms with Gasteiger partial charge in [-0.2, -0.15) is 0 Å². The molecule has 0 aliphatic rings. The first-order valence-corrected chi connectivity index (χ1v) is 6.62. The van der Waals surface area contributed by atoms with Gasteiger partial charge >= 0.3 is 0 Å². The van der Waals surface area contributed by atoms with Crippen LogP contribution in [-0.2, 0) is 12.8 Å². The summed E-state index contributed by atoms with van der Waals surface area (Å²) >= 11 is 0. The summed E-state index contributed by atoms with van der Waals surface area (Å²) in [7, 11) is 1.63. The second kappa shape index (κ2) is 7.21. The van der Waals surface area contributed by atoms with Gasteiger partial charge in [-0.25, -0.2) is 0 Å². The van der Waals surface area contributed by atoms with E-state index in [0.717, 1.165) is 12.8 Å². The summed E-state index contributed by atoms with van der Waals surface area (Å²) in [5.74, 6) is 0.927. The van der Waals surface area contributed by atoms with Crippen LogP contribution in [-0.4, -0.2) is 12.2 Å². The van der Waals surface area contributed by atoms with Crippen LogP contribution < -0.4 is 4.74 Å². The molecule has 0 radical (unpaired) electrons. The van der Waals surface area contributed by atoms with Crippen molar-refractivity contribution < 1.29 is 9.84 Å². The molecule has 0 unspecified atom stereocenters. The van der Waals surface area contributed by atoms with Crippen molar-refractivity contribution in [3.63, 3.8) is 0 Å². The number of aromatic hydroxyl groups is 1. The average Bonchev–Trinajstić information content (AvgIpc) is 2.35. The highest BCUT2D eigenvalue weighted by molar-refractivity contribution is 5.50. The van der Waals surface area contributed by atoms with Gasteiger partial charge in [-0.05, 0) is 30.9 Å². The molecule has 1 rings (SSSR count). The lowest BCUT2D eigenvalue weighted by atomic mass is 9.97. The molecule has 0 spiro atoms. The van der Waals surface area contributed by atoms with Crippen molar-refractivity contribution in [2.75, 3.05) is 7.11 Å². The van der Waals surface area contributed by atoms with Gasteiger partial charge in [-0.1, -0.05) is 39.2 Å². The van der Waals surface area contributed by atoms with Crippen LogP contribution in [0.25, 0.3) is 0 Å². The van der Waals surface area contributed by atoms with Crippen molar-refractivity contribution in [3.05, 3.63) is 23.3 Å². The summed E-state index contributed by atoms with van der Waals surface area (Å²) in [6.45, 7) is 4.35. The van der Waals surface area contributed by atoms with E-state index in [-0.39, 0.29) is 5.75 Å². The second-order valence-corrected chi connectivity index (χ2v) is 4.42. The minimum Gasteiger partial charge on any atom is -0.504 e. The molecule has 1 aromatic rings. The molecule has 0 saturated heterocycles. The predicted octanol–water partition coefficient (Wildman–Crippen LogP) is 4.09. The highest BCUT2D eigenvalue weighted by Gasteiger charge is 2.12. The van der Waals surface area contributed by atoms with Crippen LogP contribution in [0.15, 0.2) is 12.1 Å². The molecule has 96 valence electrons. The van der Waals surface area contributed by atoms with Crippen LogP contribution in [0.2, 0.25) is 0 Å². The maximum atomic E-state index is 9.79. The van der Waals surface area contributed by atoms with Crippen molar-refractivity contribution in [1.29, 1.82) is 0 Å². The minimum absolute atomic E-state index is 0.259. The number of unbranched alkanes of at least 4 members (excludes halogenated alkanes) is 3. The van der Waals surface area contributed by atoms with Crippen LogP contribution in [0.1, 0.15) is 50.7 Å². The Bertz CT molecular complexity index is 345. The number of methoxy groups -OCH3 is 1. The number of ether oxygens (including phenoxy) is 1. The fourth-order valence-corrected chi connectivity index (χ4v) is 2.22. The molecule has 0 aliphatic carbocycles. The Kier molecular flexibility index (Phi) is 5.88. The van der Waals surface area contributed by atoms with Crippen LogP contribution in [0, 0.1) is 0 Å². The summed E-state index contributed by atoms with van der Waals surface area (Å²) in [5.41, 5.74) is 2.47. The van der Waals surface area contributed by atoms with E-state index in [9.17, 15) is 5.11 Å². The van der Waals surface area contributed by atoms with Crippen LogP contribution in [0.4, 0.5) is 0 Å². The number of hydrogen-bond acceptors (Lipinski definition) is 2. The first-order valence-electron chi connectivity index (χ1n) is 6.62. The Morgan fingerprint density at radius 2 is 1.88 bits per heavy atom. The van der Waals surface area contributed by atoms with E-state index in [4.69, 9.17) is 4.74 Å². The third-order valence-corrected chi connectivity index (χ3v) is 3.20. The SMILES string of the molecule is CCCCCCc1c(CC)ccc(O)c1OC. The number of aryl methyl sites for hydroxylation is 1. The van der Waals surface area contributed by atoms with E-state index in [1.807, 2.05) is 6.07 Å². The van der Waals surface area contributed by atoms with E-state index in [1.54, 1.807) is 13.2 Å². The first kappa shape index (κ1) is 13.9. The summed E-state index contributed by atoms with van der Waals surface area (Å²) in [5, 5.41) is 9.79. The molecule has 0 amide bonds. The molecule has 0 fully saturated rings. The maximum Gasteiger partial charge on any atom is 0.163 e. The van der Waals surface area contributed by atoms with Crippen molar-refractivity contribution in [3.8, 4) is 11.5 Å². The fraction of sp³-hybridized carbons (Fsp3) is 0.600. The summed E-state index contributed by atoms with van der Waals surface area (Å²) < 4.78 is 5.33. The smallest absolute Gasteiger partial charge is 0.163 e. The van der Waals surface area contributed by atoms with E-state index >= 15 is 0 Å². The predicted molar refractivity (Wildman–Crippen MR) is 71.9 cm³/mol. The lowest BCUT2D eigenvalue weighted by Gasteiger charge is -2.14. The van der Waals surface area contributed by atoms with Crippen LogP contribution in [0.5, 0.6) is 11.5 Å². The largest absolute Gasteiger partial charge is 0.504 e. The fourth-order valence-electron chi connectivity index (χ4n) is 2.22. The van der Waals surface area contributed by atoms with Crippen molar-refractivity contribution in [2.24, 2.45) is 0 Å². The minimum atomic E-state index is 0.259. The van der Waals surface area contributed by atoms with Crippen molar-refractivity contribution >= 4 is 0 Å². The number of hydrogen-bond donors (Lipinski definition) is 1. The van der Waals surface area contributed by atoms with E-state index < -0.39 is 0 Å². The van der Waals surface area contributed by atoms with Gasteiger partial charge in [-0.15, -0.1) is 0 Å². The van der Waals surface area contributed by atoms with Gasteiger partial charge in [0.1, 0.15) is 0 Å². The Morgan fingerprint density at radius 1 is 1.12 bits per heavy atom. The topological polar surface area (TPSA) is 29.5 Å². The summed E-state index contributed by atoms with van der Waals surface area (Å²) in [6, 6.07) is 3.74. The van der Waals surface area contributed by atoms with Crippen molar-refractivity contribution in [2.45, 2.75) is 52.4 Å². The Morgan fingerprint density at radius 3 is 2.47 bits per heavy atom. The number of rotatable bonds is 7. The number of phenols is 1. The van der Waals surface area contributed by atoms with Gasteiger partial charge in [0, 0.05) is 5.56 Å². The lowest BCUT2D eigenvalue weighted by Crippen LogP contribution is -1.98. The number of phenolic OH excluding ortho intramolecular Hbond substituents is 1. The molecule has 1 aromatic carbocycles. The highest BCUT2D eigenvalue weighted by atomic mass is 16.5. The average molecular weight is 236 g/mol. The molecule has 2 heteroatoms. The molecular formula is C15H24O2. The summed E-state index contributed by atoms with van der Waals surface area (Å²) in [6.07, 6.45) is 6.93. The molecule has 17 heavy (non-hydrogen) atoms. The molecule has 0 atom stereocenters. The standard InChI is InChI=1S/C15H24O2/c1-4-6-7-8-9-13-12(5-2)10-11-14(16)15(13)17-3/h10-11,16H,4-9H2,1-3H3. The molecule has 0 aromatic heterocycles. The third kappa shape index (κ3) is 3.65. The quantitative estimate of drug-likeness (QED) is 0.723. The monoisotopic (exact) mass is 236 g/mol. The van der Waals surface area contributed by atoms with Crippen molar-refractivity contribution in [1.82, 2.24) is 0 Å². The van der Waals surface area contributed by atoms with Gasteiger partial charge in [0.05, 0.1) is 7.11 Å². The molecule has 0 bridgehead atoms. The molecular weight excluding hydrogens is 212 g/mol. The van der Waals surface area contributed by atoms with Gasteiger partial charge in [0.15, 0.2) is 11.5 Å². The highest BCUT2D eigenvalue weighted by Crippen LogP contribution is 2.34. The van der Waals surface area contributed by atoms with Gasteiger partial charge in [0.25, 0.3) is 0 Å². The van der Waals surface area contributed by atoms with Crippen LogP contribution >= 0.6 is 0 Å². The zero-order chi connectivity index (χ0) is 12.7. The molecule has 1 N–H and O–H groups in total. The van der Waals surface area contributed by atoms with Gasteiger partial charge in [-0.3, -0.25) is 0 Å². The Labute approximate surface area is 105 Å². The zero-order valence-electron chi connectivity index (χ0n) is 11.3. The molecule has 0 heterocycles. The van der Waals surface area contributed by atoms with E-state index in [1.165, 1.54) is 36.8 Å². The molecule has 0 saturated carbocycles. The Balaban J connectivity index is 2.82. The third-order valence-electron chi connectivity index (χ3n) is 3.20. The lowest BCUT2D eigenvalue weighted by molar-refractivity contribution is 0.368. The second-order valence-electron chi connectivity index (χ2n) is 4.42. The first-order chi connectivity index (χ1) is 8.24. The van der Waals surface area contributed by atoms with Gasteiger partial charge < -0.3 is 9.84 Å². The Hall–Kier alpha value is -1.18. The van der Waals surface area contributed by atoms with Gasteiger partial charge in [0.2, 0.25) is 0 Å². The molecule has 2 nitrogen and oxygen atoms in total. The molecule has 0 aliphatic heterocycles. The summed E-state index contributed by atoms with van der Waals surface area (Å²) in [4.78, 5) is 0. The maximum absolute atomic E-state index is 9.79. The van der Waals surface area contributed by atoms with E-state index in [2.05, 4.69) is 13.8 Å².